The van der Waals surface area contributed by atoms with Gasteiger partial charge in [-0.15, -0.1) is 0 Å². The Kier molecular flexibility index (Phi) is 4.95. The Hall–Kier alpha value is -1.77. The summed E-state index contributed by atoms with van der Waals surface area (Å²) in [4.78, 5) is 11.1. The van der Waals surface area contributed by atoms with Crippen molar-refractivity contribution >= 4 is 11.9 Å². The van der Waals surface area contributed by atoms with E-state index < -0.39 is 19.1 Å². The Morgan fingerprint density at radius 2 is 2.11 bits per heavy atom. The van der Waals surface area contributed by atoms with E-state index in [4.69, 9.17) is 15.6 Å². The van der Waals surface area contributed by atoms with Crippen LogP contribution in [-0.4, -0.2) is 45.7 Å². The molecule has 0 amide bonds. The predicted octanol–water partition coefficient (Wildman–Crippen LogP) is 0.282. The number of halogens is 2. The molecule has 0 saturated heterocycles. The number of hydrogen-bond donors (Lipinski definition) is 3. The second-order valence-corrected chi connectivity index (χ2v) is 3.52. The van der Waals surface area contributed by atoms with Gasteiger partial charge in [0.2, 0.25) is 11.9 Å². The van der Waals surface area contributed by atoms with Gasteiger partial charge in [0.25, 0.3) is 5.92 Å². The molecule has 1 heterocycles. The summed E-state index contributed by atoms with van der Waals surface area (Å²) in [6.45, 7) is 0.209. The highest BCUT2D eigenvalue weighted by Crippen LogP contribution is 2.14. The van der Waals surface area contributed by atoms with Gasteiger partial charge in [-0.25, -0.2) is 8.78 Å². The van der Waals surface area contributed by atoms with Crippen LogP contribution in [0, 0.1) is 0 Å². The lowest BCUT2D eigenvalue weighted by Crippen LogP contribution is -2.31. The van der Waals surface area contributed by atoms with Crippen LogP contribution in [-0.2, 0) is 0 Å². The van der Waals surface area contributed by atoms with E-state index in [1.165, 1.54) is 0 Å². The standard InChI is InChI=1S/C9H15F2N5O2/c1-2-3-18-8-15-6(12)14-7(16-8)13-4-9(10,11)5-17/h17H,2-5H2,1H3,(H3,12,13,14,15,16). The third-order valence-electron chi connectivity index (χ3n) is 1.80. The van der Waals surface area contributed by atoms with Gasteiger partial charge >= 0.3 is 6.01 Å². The Bertz CT molecular complexity index is 391. The number of nitrogen functional groups attached to an aromatic ring is 1. The first kappa shape index (κ1) is 14.3. The molecule has 0 aliphatic carbocycles. The van der Waals surface area contributed by atoms with Gasteiger partial charge in [-0.1, -0.05) is 6.92 Å². The number of aliphatic hydroxyl groups is 1. The molecular weight excluding hydrogens is 248 g/mol. The molecule has 0 bridgehead atoms. The van der Waals surface area contributed by atoms with Gasteiger partial charge in [-0.3, -0.25) is 0 Å². The molecule has 0 unspecified atom stereocenters. The molecule has 18 heavy (non-hydrogen) atoms. The van der Waals surface area contributed by atoms with Gasteiger partial charge in [-0.2, -0.15) is 15.0 Å². The average molecular weight is 263 g/mol. The SMILES string of the molecule is CCCOc1nc(N)nc(NCC(F)(F)CO)n1. The highest BCUT2D eigenvalue weighted by molar-refractivity contribution is 5.32. The van der Waals surface area contributed by atoms with Crippen LogP contribution in [0.1, 0.15) is 13.3 Å². The van der Waals surface area contributed by atoms with Crippen molar-refractivity contribution in [3.8, 4) is 6.01 Å². The van der Waals surface area contributed by atoms with Gasteiger partial charge in [0.15, 0.2) is 0 Å². The van der Waals surface area contributed by atoms with E-state index in [2.05, 4.69) is 20.3 Å². The fourth-order valence-electron chi connectivity index (χ4n) is 0.973. The van der Waals surface area contributed by atoms with E-state index in [9.17, 15) is 8.78 Å². The minimum atomic E-state index is -3.26. The number of nitrogens with zero attached hydrogens (tertiary/aromatic N) is 3. The number of rotatable bonds is 7. The van der Waals surface area contributed by atoms with Gasteiger partial charge in [0, 0.05) is 0 Å². The zero-order valence-electron chi connectivity index (χ0n) is 9.86. The van der Waals surface area contributed by atoms with Gasteiger partial charge < -0.3 is 20.9 Å². The molecule has 0 aromatic carbocycles. The summed E-state index contributed by atoms with van der Waals surface area (Å²) in [7, 11) is 0. The van der Waals surface area contributed by atoms with Crippen molar-refractivity contribution in [1.82, 2.24) is 15.0 Å². The second-order valence-electron chi connectivity index (χ2n) is 3.52. The number of nitrogens with two attached hydrogens (primary N) is 1. The van der Waals surface area contributed by atoms with E-state index in [0.29, 0.717) is 6.61 Å². The molecule has 0 spiro atoms. The van der Waals surface area contributed by atoms with Gasteiger partial charge in [0.05, 0.1) is 13.2 Å². The van der Waals surface area contributed by atoms with Gasteiger partial charge in [0.1, 0.15) is 6.61 Å². The number of aliphatic hydroxyl groups excluding tert-OH is 1. The maximum atomic E-state index is 12.8. The summed E-state index contributed by atoms with van der Waals surface area (Å²) in [5.74, 6) is -3.51. The van der Waals surface area contributed by atoms with E-state index in [1.807, 2.05) is 6.92 Å². The zero-order valence-corrected chi connectivity index (χ0v) is 9.86. The Morgan fingerprint density at radius 3 is 2.72 bits per heavy atom. The van der Waals surface area contributed by atoms with Crippen molar-refractivity contribution in [1.29, 1.82) is 0 Å². The fourth-order valence-corrected chi connectivity index (χ4v) is 0.973. The van der Waals surface area contributed by atoms with Crippen LogP contribution in [0.2, 0.25) is 0 Å². The number of hydrogen-bond acceptors (Lipinski definition) is 7. The number of aromatic nitrogens is 3. The molecule has 7 nitrogen and oxygen atoms in total. The topological polar surface area (TPSA) is 106 Å². The largest absolute Gasteiger partial charge is 0.463 e. The maximum absolute atomic E-state index is 12.8. The van der Waals surface area contributed by atoms with Crippen LogP contribution >= 0.6 is 0 Å². The molecule has 4 N–H and O–H groups in total. The van der Waals surface area contributed by atoms with Crippen LogP contribution in [0.25, 0.3) is 0 Å². The van der Waals surface area contributed by atoms with Crippen LogP contribution in [0.5, 0.6) is 6.01 Å². The highest BCUT2D eigenvalue weighted by atomic mass is 19.3. The number of alkyl halides is 2. The monoisotopic (exact) mass is 263 g/mol. The molecule has 102 valence electrons. The first-order chi connectivity index (χ1) is 8.46. The lowest BCUT2D eigenvalue weighted by molar-refractivity contribution is -0.0374. The molecule has 0 fully saturated rings. The smallest absolute Gasteiger partial charge is 0.323 e. The summed E-state index contributed by atoms with van der Waals surface area (Å²) in [6.07, 6.45) is 0.747. The molecule has 0 radical (unpaired) electrons. The molecule has 1 aromatic rings. The molecular formula is C9H15F2N5O2. The second kappa shape index (κ2) is 6.24. The summed E-state index contributed by atoms with van der Waals surface area (Å²) >= 11 is 0. The zero-order chi connectivity index (χ0) is 13.6. The van der Waals surface area contributed by atoms with Crippen LogP contribution in [0.15, 0.2) is 0 Å². The van der Waals surface area contributed by atoms with E-state index >= 15 is 0 Å². The lowest BCUT2D eigenvalue weighted by atomic mass is 10.3. The number of anilines is 2. The third-order valence-corrected chi connectivity index (χ3v) is 1.80. The Labute approximate surface area is 102 Å². The van der Waals surface area contributed by atoms with E-state index in [0.717, 1.165) is 6.42 Å². The first-order valence-electron chi connectivity index (χ1n) is 5.34. The fraction of sp³-hybridized carbons (Fsp3) is 0.667. The highest BCUT2D eigenvalue weighted by Gasteiger charge is 2.27. The van der Waals surface area contributed by atoms with E-state index in [-0.39, 0.29) is 17.9 Å². The lowest BCUT2D eigenvalue weighted by Gasteiger charge is -2.14. The van der Waals surface area contributed by atoms with Crippen LogP contribution in [0.3, 0.4) is 0 Å². The number of ether oxygens (including phenoxy) is 1. The van der Waals surface area contributed by atoms with Crippen molar-refractivity contribution in [3.05, 3.63) is 0 Å². The summed E-state index contributed by atoms with van der Waals surface area (Å²) < 4.78 is 30.7. The van der Waals surface area contributed by atoms with Gasteiger partial charge in [-0.05, 0) is 6.42 Å². The molecule has 0 aliphatic rings. The minimum absolute atomic E-state index is 0.0286. The summed E-state index contributed by atoms with van der Waals surface area (Å²) in [5, 5.41) is 10.7. The van der Waals surface area contributed by atoms with E-state index in [1.54, 1.807) is 0 Å². The molecule has 0 atom stereocenters. The third kappa shape index (κ3) is 4.62. The van der Waals surface area contributed by atoms with Crippen molar-refractivity contribution in [3.63, 3.8) is 0 Å². The van der Waals surface area contributed by atoms with Crippen molar-refractivity contribution in [2.45, 2.75) is 19.3 Å². The molecule has 9 heteroatoms. The molecule has 1 aromatic heterocycles. The first-order valence-corrected chi connectivity index (χ1v) is 5.34. The average Bonchev–Trinajstić information content (AvgIpc) is 2.33. The van der Waals surface area contributed by atoms with Crippen LogP contribution < -0.4 is 15.8 Å². The Balaban J connectivity index is 2.68. The van der Waals surface area contributed by atoms with Crippen molar-refractivity contribution in [2.75, 3.05) is 30.8 Å². The quantitative estimate of drug-likeness (QED) is 0.648. The molecule has 1 rings (SSSR count). The van der Waals surface area contributed by atoms with Crippen molar-refractivity contribution in [2.24, 2.45) is 0 Å². The van der Waals surface area contributed by atoms with Crippen molar-refractivity contribution < 1.29 is 18.6 Å². The minimum Gasteiger partial charge on any atom is -0.463 e. The summed E-state index contributed by atoms with van der Waals surface area (Å²) in [5.41, 5.74) is 5.38. The normalized spacial score (nSPS) is 11.3. The Morgan fingerprint density at radius 1 is 1.39 bits per heavy atom. The number of nitrogens with one attached hydrogen (secondary N) is 1. The summed E-state index contributed by atoms with van der Waals surface area (Å²) in [6, 6.07) is -0.0286. The molecule has 0 aliphatic heterocycles. The van der Waals surface area contributed by atoms with Crippen LogP contribution in [0.4, 0.5) is 20.7 Å². The predicted molar refractivity (Wildman–Crippen MR) is 60.5 cm³/mol. The molecule has 0 saturated carbocycles. The maximum Gasteiger partial charge on any atom is 0.323 e.